The highest BCUT2D eigenvalue weighted by atomic mass is 19.1. The van der Waals surface area contributed by atoms with Gasteiger partial charge in [0.15, 0.2) is 0 Å². The Bertz CT molecular complexity index is 567. The molecule has 0 radical (unpaired) electrons. The summed E-state index contributed by atoms with van der Waals surface area (Å²) in [5, 5.41) is 2.97. The van der Waals surface area contributed by atoms with Crippen LogP contribution < -0.4 is 10.9 Å². The van der Waals surface area contributed by atoms with Gasteiger partial charge < -0.3 is 10.3 Å². The van der Waals surface area contributed by atoms with Crippen LogP contribution in [0.25, 0.3) is 0 Å². The first-order chi connectivity index (χ1) is 8.16. The second-order valence-corrected chi connectivity index (χ2v) is 3.68. The third-order valence-electron chi connectivity index (χ3n) is 2.41. The molecule has 0 aliphatic rings. The lowest BCUT2D eigenvalue weighted by atomic mass is 10.1. The quantitative estimate of drug-likeness (QED) is 0.853. The maximum absolute atomic E-state index is 13.5. The molecule has 0 bridgehead atoms. The summed E-state index contributed by atoms with van der Waals surface area (Å²) in [6, 6.07) is 7.57. The van der Waals surface area contributed by atoms with Gasteiger partial charge in [0.05, 0.1) is 12.4 Å². The average molecular weight is 233 g/mol. The minimum Gasteiger partial charge on any atom is -0.363 e. The van der Waals surface area contributed by atoms with Crippen molar-refractivity contribution >= 4 is 5.82 Å². The standard InChI is InChI=1S/C12H12FN3O/c1-8(9-4-2-3-5-10(9)13)16-11-6-12(17)15-7-14-11/h2-8H,1H3,(H2,14,15,16,17). The molecular weight excluding hydrogens is 221 g/mol. The van der Waals surface area contributed by atoms with E-state index >= 15 is 0 Å². The number of nitrogens with zero attached hydrogens (tertiary/aromatic N) is 1. The van der Waals surface area contributed by atoms with Crippen LogP contribution in [0.5, 0.6) is 0 Å². The first-order valence-corrected chi connectivity index (χ1v) is 5.22. The van der Waals surface area contributed by atoms with Crippen molar-refractivity contribution in [2.24, 2.45) is 0 Å². The van der Waals surface area contributed by atoms with E-state index in [4.69, 9.17) is 0 Å². The molecule has 5 heteroatoms. The first kappa shape index (κ1) is 11.3. The van der Waals surface area contributed by atoms with Crippen molar-refractivity contribution in [2.75, 3.05) is 5.32 Å². The van der Waals surface area contributed by atoms with Gasteiger partial charge in [-0.25, -0.2) is 9.37 Å². The molecule has 1 aromatic carbocycles. The van der Waals surface area contributed by atoms with Crippen molar-refractivity contribution < 1.29 is 4.39 Å². The fraction of sp³-hybridized carbons (Fsp3) is 0.167. The van der Waals surface area contributed by atoms with Crippen molar-refractivity contribution in [3.8, 4) is 0 Å². The number of H-pyrrole nitrogens is 1. The number of halogens is 1. The minimum atomic E-state index is -0.280. The maximum Gasteiger partial charge on any atom is 0.252 e. The molecule has 17 heavy (non-hydrogen) atoms. The van der Waals surface area contributed by atoms with Gasteiger partial charge in [-0.15, -0.1) is 0 Å². The van der Waals surface area contributed by atoms with E-state index in [0.29, 0.717) is 11.4 Å². The predicted molar refractivity (Wildman–Crippen MR) is 63.3 cm³/mol. The van der Waals surface area contributed by atoms with E-state index in [9.17, 15) is 9.18 Å². The summed E-state index contributed by atoms with van der Waals surface area (Å²) in [5.74, 6) is 0.141. The summed E-state index contributed by atoms with van der Waals surface area (Å²) in [7, 11) is 0. The van der Waals surface area contributed by atoms with Crippen molar-refractivity contribution in [3.63, 3.8) is 0 Å². The van der Waals surface area contributed by atoms with Gasteiger partial charge in [0, 0.05) is 11.6 Å². The molecule has 0 fully saturated rings. The predicted octanol–water partition coefficient (Wildman–Crippen LogP) is 2.08. The molecule has 1 atom stereocenters. The maximum atomic E-state index is 13.5. The zero-order chi connectivity index (χ0) is 12.3. The Morgan fingerprint density at radius 1 is 1.41 bits per heavy atom. The van der Waals surface area contributed by atoms with Crippen LogP contribution in [0.4, 0.5) is 10.2 Å². The third-order valence-corrected chi connectivity index (χ3v) is 2.41. The topological polar surface area (TPSA) is 57.8 Å². The summed E-state index contributed by atoms with van der Waals surface area (Å²) in [4.78, 5) is 17.4. The third kappa shape index (κ3) is 2.69. The minimum absolute atomic E-state index is 0.247. The number of aromatic amines is 1. The lowest BCUT2D eigenvalue weighted by Gasteiger charge is -2.15. The number of nitrogens with one attached hydrogen (secondary N) is 2. The van der Waals surface area contributed by atoms with E-state index in [0.717, 1.165) is 0 Å². The number of hydrogen-bond acceptors (Lipinski definition) is 3. The Morgan fingerprint density at radius 2 is 2.18 bits per heavy atom. The van der Waals surface area contributed by atoms with Crippen LogP contribution in [0.1, 0.15) is 18.5 Å². The van der Waals surface area contributed by atoms with Crippen molar-refractivity contribution in [1.29, 1.82) is 0 Å². The normalized spacial score (nSPS) is 12.1. The van der Waals surface area contributed by atoms with Gasteiger partial charge in [0.2, 0.25) is 0 Å². The Balaban J connectivity index is 2.20. The summed E-state index contributed by atoms with van der Waals surface area (Å²) < 4.78 is 13.5. The molecule has 0 amide bonds. The molecule has 1 aromatic heterocycles. The van der Waals surface area contributed by atoms with Crippen LogP contribution in [-0.4, -0.2) is 9.97 Å². The Morgan fingerprint density at radius 3 is 2.88 bits per heavy atom. The summed E-state index contributed by atoms with van der Waals surface area (Å²) in [5.41, 5.74) is 0.290. The molecule has 2 rings (SSSR count). The highest BCUT2D eigenvalue weighted by Crippen LogP contribution is 2.19. The van der Waals surface area contributed by atoms with E-state index in [2.05, 4.69) is 15.3 Å². The largest absolute Gasteiger partial charge is 0.363 e. The zero-order valence-corrected chi connectivity index (χ0v) is 9.27. The van der Waals surface area contributed by atoms with Crippen molar-refractivity contribution in [2.45, 2.75) is 13.0 Å². The van der Waals surface area contributed by atoms with Crippen LogP contribution in [-0.2, 0) is 0 Å². The highest BCUT2D eigenvalue weighted by molar-refractivity contribution is 5.36. The number of hydrogen-bond donors (Lipinski definition) is 2. The Kier molecular flexibility index (Phi) is 3.18. The van der Waals surface area contributed by atoms with E-state index in [1.807, 2.05) is 0 Å². The van der Waals surface area contributed by atoms with Gasteiger partial charge in [0.25, 0.3) is 5.56 Å². The average Bonchev–Trinajstić information content (AvgIpc) is 2.29. The molecule has 88 valence electrons. The molecule has 0 spiro atoms. The summed E-state index contributed by atoms with van der Waals surface area (Å²) >= 11 is 0. The zero-order valence-electron chi connectivity index (χ0n) is 9.27. The molecular formula is C12H12FN3O. The van der Waals surface area contributed by atoms with Crippen LogP contribution in [0.3, 0.4) is 0 Å². The fourth-order valence-electron chi connectivity index (χ4n) is 1.57. The molecule has 0 aliphatic heterocycles. The van der Waals surface area contributed by atoms with Gasteiger partial charge in [-0.05, 0) is 13.0 Å². The van der Waals surface area contributed by atoms with E-state index in [1.165, 1.54) is 18.5 Å². The van der Waals surface area contributed by atoms with Gasteiger partial charge in [-0.3, -0.25) is 4.79 Å². The number of benzene rings is 1. The summed E-state index contributed by atoms with van der Waals surface area (Å²) in [6.07, 6.45) is 1.30. The van der Waals surface area contributed by atoms with Gasteiger partial charge in [0.1, 0.15) is 11.6 Å². The molecule has 4 nitrogen and oxygen atoms in total. The number of aromatic nitrogens is 2. The van der Waals surface area contributed by atoms with Gasteiger partial charge >= 0.3 is 0 Å². The summed E-state index contributed by atoms with van der Waals surface area (Å²) in [6.45, 7) is 1.81. The Hall–Kier alpha value is -2.17. The molecule has 1 heterocycles. The van der Waals surface area contributed by atoms with Crippen LogP contribution in [0, 0.1) is 5.82 Å². The van der Waals surface area contributed by atoms with Crippen LogP contribution in [0.2, 0.25) is 0 Å². The van der Waals surface area contributed by atoms with E-state index < -0.39 is 0 Å². The van der Waals surface area contributed by atoms with Crippen molar-refractivity contribution in [1.82, 2.24) is 9.97 Å². The monoisotopic (exact) mass is 233 g/mol. The Labute approximate surface area is 97.5 Å². The van der Waals surface area contributed by atoms with E-state index in [1.54, 1.807) is 25.1 Å². The van der Waals surface area contributed by atoms with E-state index in [-0.39, 0.29) is 17.4 Å². The van der Waals surface area contributed by atoms with Crippen LogP contribution in [0.15, 0.2) is 41.5 Å². The molecule has 0 saturated heterocycles. The van der Waals surface area contributed by atoms with Gasteiger partial charge in [-0.1, -0.05) is 18.2 Å². The fourth-order valence-corrected chi connectivity index (χ4v) is 1.57. The molecule has 2 aromatic rings. The SMILES string of the molecule is CC(Nc1cc(=O)[nH]cn1)c1ccccc1F. The molecule has 0 aliphatic carbocycles. The molecule has 0 saturated carbocycles. The lowest BCUT2D eigenvalue weighted by molar-refractivity contribution is 0.600. The molecule has 2 N–H and O–H groups in total. The van der Waals surface area contributed by atoms with Crippen molar-refractivity contribution in [3.05, 3.63) is 58.4 Å². The first-order valence-electron chi connectivity index (χ1n) is 5.22. The second-order valence-electron chi connectivity index (χ2n) is 3.68. The van der Waals surface area contributed by atoms with Crippen LogP contribution >= 0.6 is 0 Å². The molecule has 1 unspecified atom stereocenters. The number of anilines is 1. The number of rotatable bonds is 3. The lowest BCUT2D eigenvalue weighted by Crippen LogP contribution is -2.13. The van der Waals surface area contributed by atoms with Gasteiger partial charge in [-0.2, -0.15) is 0 Å². The smallest absolute Gasteiger partial charge is 0.252 e. The highest BCUT2D eigenvalue weighted by Gasteiger charge is 2.10. The second kappa shape index (κ2) is 4.78.